The Kier molecular flexibility index (Phi) is 3.87. The zero-order valence-electron chi connectivity index (χ0n) is 12.0. The highest BCUT2D eigenvalue weighted by Gasteiger charge is 2.14. The van der Waals surface area contributed by atoms with E-state index in [1.165, 1.54) is 0 Å². The minimum Gasteiger partial charge on any atom is -0.497 e. The van der Waals surface area contributed by atoms with Crippen molar-refractivity contribution in [1.29, 1.82) is 0 Å². The van der Waals surface area contributed by atoms with Gasteiger partial charge in [0.05, 0.1) is 12.8 Å². The lowest BCUT2D eigenvalue weighted by Gasteiger charge is -2.11. The Labute approximate surface area is 123 Å². The molecule has 0 saturated carbocycles. The fourth-order valence-corrected chi connectivity index (χ4v) is 2.43. The van der Waals surface area contributed by atoms with Gasteiger partial charge in [0, 0.05) is 24.2 Å². The van der Waals surface area contributed by atoms with Crippen molar-refractivity contribution in [2.24, 2.45) is 0 Å². The molecule has 0 saturated heterocycles. The first-order chi connectivity index (χ1) is 10.3. The van der Waals surface area contributed by atoms with Gasteiger partial charge in [-0.25, -0.2) is 4.98 Å². The third-order valence-corrected chi connectivity index (χ3v) is 3.56. The van der Waals surface area contributed by atoms with E-state index in [0.29, 0.717) is 11.8 Å². The molecule has 1 aliphatic heterocycles. The molecule has 0 fully saturated rings. The van der Waals surface area contributed by atoms with E-state index in [9.17, 15) is 0 Å². The zero-order valence-corrected chi connectivity index (χ0v) is 12.0. The van der Waals surface area contributed by atoms with Crippen LogP contribution >= 0.6 is 0 Å². The Morgan fingerprint density at radius 3 is 2.67 bits per heavy atom. The first kappa shape index (κ1) is 13.6. The molecule has 0 radical (unpaired) electrons. The van der Waals surface area contributed by atoms with E-state index in [-0.39, 0.29) is 0 Å². The van der Waals surface area contributed by atoms with Crippen molar-refractivity contribution in [2.75, 3.05) is 31.2 Å². The fourth-order valence-electron chi connectivity index (χ4n) is 2.43. The van der Waals surface area contributed by atoms with E-state index in [1.807, 2.05) is 24.3 Å². The quantitative estimate of drug-likeness (QED) is 0.792. The monoisotopic (exact) mass is 285 g/mol. The molecule has 1 aromatic carbocycles. The van der Waals surface area contributed by atoms with Crippen LogP contribution in [0.15, 0.2) is 24.3 Å². The molecule has 4 N–H and O–H groups in total. The summed E-state index contributed by atoms with van der Waals surface area (Å²) in [5.41, 5.74) is 9.08. The van der Waals surface area contributed by atoms with E-state index in [2.05, 4.69) is 20.6 Å². The summed E-state index contributed by atoms with van der Waals surface area (Å²) in [7, 11) is 1.65. The molecule has 0 atom stereocenters. The minimum absolute atomic E-state index is 0.540. The van der Waals surface area contributed by atoms with Crippen LogP contribution in [0.25, 0.3) is 0 Å². The molecule has 1 aliphatic rings. The number of benzene rings is 1. The molecule has 3 rings (SSSR count). The smallest absolute Gasteiger partial charge is 0.229 e. The number of aromatic nitrogens is 2. The lowest BCUT2D eigenvalue weighted by molar-refractivity contribution is 0.415. The topological polar surface area (TPSA) is 85.1 Å². The molecular weight excluding hydrogens is 266 g/mol. The Bertz CT molecular complexity index is 627. The van der Waals surface area contributed by atoms with Crippen LogP contribution in [0.3, 0.4) is 0 Å². The summed E-state index contributed by atoms with van der Waals surface area (Å²) < 4.78 is 5.14. The summed E-state index contributed by atoms with van der Waals surface area (Å²) in [6.07, 6.45) is 1.75. The van der Waals surface area contributed by atoms with Crippen LogP contribution in [0.4, 0.5) is 17.5 Å². The number of nitrogens with two attached hydrogens (primary N) is 1. The van der Waals surface area contributed by atoms with Gasteiger partial charge in [-0.05, 0) is 37.2 Å². The average molecular weight is 285 g/mol. The van der Waals surface area contributed by atoms with Crippen molar-refractivity contribution >= 4 is 17.5 Å². The summed E-state index contributed by atoms with van der Waals surface area (Å²) >= 11 is 0. The number of nitrogens with zero attached hydrogens (tertiary/aromatic N) is 2. The third kappa shape index (κ3) is 3.05. The van der Waals surface area contributed by atoms with Gasteiger partial charge in [-0.3, -0.25) is 0 Å². The van der Waals surface area contributed by atoms with Crippen molar-refractivity contribution in [1.82, 2.24) is 15.3 Å². The highest BCUT2D eigenvalue weighted by Crippen LogP contribution is 2.22. The van der Waals surface area contributed by atoms with Gasteiger partial charge >= 0.3 is 0 Å². The van der Waals surface area contributed by atoms with Gasteiger partial charge in [0.2, 0.25) is 5.95 Å². The molecule has 0 bridgehead atoms. The molecule has 0 amide bonds. The van der Waals surface area contributed by atoms with Crippen molar-refractivity contribution in [3.8, 4) is 5.75 Å². The molecule has 2 aromatic rings. The summed E-state index contributed by atoms with van der Waals surface area (Å²) in [6.45, 7) is 1.84. The Hall–Kier alpha value is -2.34. The highest BCUT2D eigenvalue weighted by atomic mass is 16.5. The first-order valence-corrected chi connectivity index (χ1v) is 7.03. The van der Waals surface area contributed by atoms with E-state index in [4.69, 9.17) is 10.5 Å². The number of nitrogens with one attached hydrogen (secondary N) is 2. The maximum absolute atomic E-state index is 6.07. The van der Waals surface area contributed by atoms with Crippen molar-refractivity contribution in [3.63, 3.8) is 0 Å². The van der Waals surface area contributed by atoms with Crippen LogP contribution in [0.5, 0.6) is 5.75 Å². The van der Waals surface area contributed by atoms with Gasteiger partial charge < -0.3 is 21.1 Å². The van der Waals surface area contributed by atoms with Gasteiger partial charge in [-0.2, -0.15) is 4.98 Å². The number of hydrogen-bond donors (Lipinski definition) is 3. The second-order valence-electron chi connectivity index (χ2n) is 4.96. The number of rotatable bonds is 3. The summed E-state index contributed by atoms with van der Waals surface area (Å²) in [4.78, 5) is 8.96. The number of ether oxygens (including phenoxy) is 1. The number of anilines is 3. The number of fused-ring (bicyclic) bond motifs is 1. The van der Waals surface area contributed by atoms with E-state index < -0.39 is 0 Å². The molecule has 110 valence electrons. The summed E-state index contributed by atoms with van der Waals surface area (Å²) in [5.74, 6) is 1.92. The lowest BCUT2D eigenvalue weighted by Crippen LogP contribution is -2.16. The van der Waals surface area contributed by atoms with Crippen LogP contribution in [0, 0.1) is 0 Å². The SMILES string of the molecule is COc1ccc(Nc2nc(N)c3c(n2)CCNCC3)cc1. The van der Waals surface area contributed by atoms with Crippen molar-refractivity contribution in [3.05, 3.63) is 35.5 Å². The predicted molar refractivity (Wildman–Crippen MR) is 83.0 cm³/mol. The van der Waals surface area contributed by atoms with E-state index in [0.717, 1.165) is 48.6 Å². The van der Waals surface area contributed by atoms with Crippen LogP contribution < -0.4 is 21.1 Å². The van der Waals surface area contributed by atoms with Crippen LogP contribution in [0.1, 0.15) is 11.3 Å². The van der Waals surface area contributed by atoms with Gasteiger partial charge in [0.15, 0.2) is 0 Å². The third-order valence-electron chi connectivity index (χ3n) is 3.56. The van der Waals surface area contributed by atoms with Gasteiger partial charge in [-0.15, -0.1) is 0 Å². The van der Waals surface area contributed by atoms with Crippen molar-refractivity contribution in [2.45, 2.75) is 12.8 Å². The standard InChI is InChI=1S/C15H19N5O/c1-21-11-4-2-10(3-5-11)18-15-19-13-7-9-17-8-6-12(13)14(16)20-15/h2-5,17H,6-9H2,1H3,(H3,16,18,19,20). The van der Waals surface area contributed by atoms with Gasteiger partial charge in [0.25, 0.3) is 0 Å². The normalized spacial score (nSPS) is 14.1. The molecule has 0 spiro atoms. The first-order valence-electron chi connectivity index (χ1n) is 7.03. The molecular formula is C15H19N5O. The number of nitrogen functional groups attached to an aromatic ring is 1. The van der Waals surface area contributed by atoms with Crippen LogP contribution in [-0.4, -0.2) is 30.2 Å². The zero-order chi connectivity index (χ0) is 14.7. The lowest BCUT2D eigenvalue weighted by atomic mass is 10.1. The molecule has 21 heavy (non-hydrogen) atoms. The van der Waals surface area contributed by atoms with Gasteiger partial charge in [0.1, 0.15) is 11.6 Å². The molecule has 2 heterocycles. The van der Waals surface area contributed by atoms with E-state index in [1.54, 1.807) is 7.11 Å². The van der Waals surface area contributed by atoms with Gasteiger partial charge in [-0.1, -0.05) is 0 Å². The maximum Gasteiger partial charge on any atom is 0.229 e. The minimum atomic E-state index is 0.540. The molecule has 6 nitrogen and oxygen atoms in total. The second kappa shape index (κ2) is 5.97. The largest absolute Gasteiger partial charge is 0.497 e. The number of hydrogen-bond acceptors (Lipinski definition) is 6. The number of methoxy groups -OCH3 is 1. The second-order valence-corrected chi connectivity index (χ2v) is 4.96. The average Bonchev–Trinajstić information content (AvgIpc) is 2.74. The highest BCUT2D eigenvalue weighted by molar-refractivity contribution is 5.57. The summed E-state index contributed by atoms with van der Waals surface area (Å²) in [6, 6.07) is 7.62. The Morgan fingerprint density at radius 1 is 1.14 bits per heavy atom. The molecule has 0 aliphatic carbocycles. The Morgan fingerprint density at radius 2 is 1.90 bits per heavy atom. The predicted octanol–water partition coefficient (Wildman–Crippen LogP) is 1.50. The fraction of sp³-hybridized carbons (Fsp3) is 0.333. The molecule has 6 heteroatoms. The summed E-state index contributed by atoms with van der Waals surface area (Å²) in [5, 5.41) is 6.53. The molecule has 1 aromatic heterocycles. The van der Waals surface area contributed by atoms with Crippen LogP contribution in [0.2, 0.25) is 0 Å². The Balaban J connectivity index is 1.85. The van der Waals surface area contributed by atoms with Crippen molar-refractivity contribution < 1.29 is 4.74 Å². The van der Waals surface area contributed by atoms with Crippen LogP contribution in [-0.2, 0) is 12.8 Å². The maximum atomic E-state index is 6.07. The molecule has 0 unspecified atom stereocenters. The van der Waals surface area contributed by atoms with E-state index >= 15 is 0 Å².